The zero-order chi connectivity index (χ0) is 15.1. The van der Waals surface area contributed by atoms with Crippen LogP contribution in [0.25, 0.3) is 0 Å². The van der Waals surface area contributed by atoms with E-state index < -0.39 is 0 Å². The van der Waals surface area contributed by atoms with Gasteiger partial charge in [-0.3, -0.25) is 9.59 Å². The maximum absolute atomic E-state index is 11.7. The first-order chi connectivity index (χ1) is 10.2. The summed E-state index contributed by atoms with van der Waals surface area (Å²) in [6.45, 7) is 2.13. The second kappa shape index (κ2) is 7.43. The number of benzene rings is 1. The summed E-state index contributed by atoms with van der Waals surface area (Å²) >= 11 is 0. The maximum Gasteiger partial charge on any atom is 0.326 e. The average Bonchev–Trinajstić information content (AvgIpc) is 2.49. The molecule has 0 unspecified atom stereocenters. The van der Waals surface area contributed by atoms with Gasteiger partial charge in [-0.15, -0.1) is 0 Å². The van der Waals surface area contributed by atoms with E-state index in [0.29, 0.717) is 6.61 Å². The van der Waals surface area contributed by atoms with E-state index in [4.69, 9.17) is 4.74 Å². The summed E-state index contributed by atoms with van der Waals surface area (Å²) in [6, 6.07) is 15.0. The fraction of sp³-hybridized carbons (Fsp3) is 0.294. The Hall–Kier alpha value is -2.36. The molecule has 0 radical (unpaired) electrons. The van der Waals surface area contributed by atoms with Crippen molar-refractivity contribution in [1.29, 1.82) is 0 Å². The van der Waals surface area contributed by atoms with Gasteiger partial charge in [-0.25, -0.2) is 0 Å². The van der Waals surface area contributed by atoms with E-state index in [1.165, 1.54) is 16.2 Å². The standard InChI is InChI=1S/C17H19NO3/c1-14-7-5-11-16(19)18(14)13-17(20)21-12-6-10-15-8-3-2-4-9-15/h2-5,7-9,11H,6,10,12-13H2,1H3. The Morgan fingerprint density at radius 3 is 2.57 bits per heavy atom. The minimum atomic E-state index is -0.375. The number of nitrogens with zero attached hydrogens (tertiary/aromatic N) is 1. The first-order valence-electron chi connectivity index (χ1n) is 7.03. The summed E-state index contributed by atoms with van der Waals surface area (Å²) in [5.41, 5.74) is 1.80. The highest BCUT2D eigenvalue weighted by atomic mass is 16.5. The predicted molar refractivity (Wildman–Crippen MR) is 81.2 cm³/mol. The van der Waals surface area contributed by atoms with Gasteiger partial charge in [0.05, 0.1) is 6.61 Å². The average molecular weight is 285 g/mol. The monoisotopic (exact) mass is 285 g/mol. The van der Waals surface area contributed by atoms with Crippen LogP contribution in [0, 0.1) is 6.92 Å². The molecular weight excluding hydrogens is 266 g/mol. The van der Waals surface area contributed by atoms with Crippen molar-refractivity contribution < 1.29 is 9.53 Å². The number of aromatic nitrogens is 1. The van der Waals surface area contributed by atoms with Gasteiger partial charge in [-0.05, 0) is 31.4 Å². The van der Waals surface area contributed by atoms with Gasteiger partial charge in [-0.2, -0.15) is 0 Å². The lowest BCUT2D eigenvalue weighted by Crippen LogP contribution is -2.26. The summed E-state index contributed by atoms with van der Waals surface area (Å²) in [5, 5.41) is 0. The van der Waals surface area contributed by atoms with E-state index >= 15 is 0 Å². The molecule has 1 aromatic heterocycles. The Morgan fingerprint density at radius 1 is 1.10 bits per heavy atom. The van der Waals surface area contributed by atoms with Crippen molar-refractivity contribution in [2.75, 3.05) is 6.61 Å². The Morgan fingerprint density at radius 2 is 1.86 bits per heavy atom. The number of esters is 1. The minimum Gasteiger partial charge on any atom is -0.464 e. The fourth-order valence-electron chi connectivity index (χ4n) is 2.11. The molecule has 0 saturated heterocycles. The fourth-order valence-corrected chi connectivity index (χ4v) is 2.11. The van der Waals surface area contributed by atoms with Crippen LogP contribution in [-0.4, -0.2) is 17.1 Å². The molecule has 0 saturated carbocycles. The Balaban J connectivity index is 1.77. The molecule has 110 valence electrons. The van der Waals surface area contributed by atoms with Crippen LogP contribution in [0.4, 0.5) is 0 Å². The van der Waals surface area contributed by atoms with Gasteiger partial charge >= 0.3 is 5.97 Å². The summed E-state index contributed by atoms with van der Waals surface area (Å²) < 4.78 is 6.60. The quantitative estimate of drug-likeness (QED) is 0.604. The van der Waals surface area contributed by atoms with Crippen molar-refractivity contribution >= 4 is 5.97 Å². The molecule has 1 heterocycles. The van der Waals surface area contributed by atoms with Crippen LogP contribution in [-0.2, 0) is 22.5 Å². The van der Waals surface area contributed by atoms with Crippen molar-refractivity contribution in [1.82, 2.24) is 4.57 Å². The summed E-state index contributed by atoms with van der Waals surface area (Å²) in [4.78, 5) is 23.4. The molecular formula is C17H19NO3. The topological polar surface area (TPSA) is 48.3 Å². The van der Waals surface area contributed by atoms with Gasteiger partial charge < -0.3 is 9.30 Å². The third kappa shape index (κ3) is 4.60. The van der Waals surface area contributed by atoms with Crippen molar-refractivity contribution in [2.45, 2.75) is 26.3 Å². The molecule has 0 fully saturated rings. The minimum absolute atomic E-state index is 0.0309. The highest BCUT2D eigenvalue weighted by molar-refractivity contribution is 5.69. The van der Waals surface area contributed by atoms with Crippen LogP contribution in [0.1, 0.15) is 17.7 Å². The second-order valence-electron chi connectivity index (χ2n) is 4.90. The SMILES string of the molecule is Cc1cccc(=O)n1CC(=O)OCCCc1ccccc1. The maximum atomic E-state index is 11.7. The highest BCUT2D eigenvalue weighted by Gasteiger charge is 2.07. The number of rotatable bonds is 6. The third-order valence-corrected chi connectivity index (χ3v) is 3.27. The first kappa shape index (κ1) is 15.0. The second-order valence-corrected chi connectivity index (χ2v) is 4.90. The molecule has 0 atom stereocenters. The van der Waals surface area contributed by atoms with Crippen LogP contribution < -0.4 is 5.56 Å². The van der Waals surface area contributed by atoms with Crippen molar-refractivity contribution in [3.63, 3.8) is 0 Å². The highest BCUT2D eigenvalue weighted by Crippen LogP contribution is 2.02. The van der Waals surface area contributed by atoms with Gasteiger partial charge in [0, 0.05) is 11.8 Å². The van der Waals surface area contributed by atoms with E-state index in [0.717, 1.165) is 18.5 Å². The molecule has 0 aliphatic carbocycles. The van der Waals surface area contributed by atoms with E-state index in [-0.39, 0.29) is 18.1 Å². The number of carbonyl (C=O) groups excluding carboxylic acids is 1. The number of ether oxygens (including phenoxy) is 1. The van der Waals surface area contributed by atoms with Gasteiger partial charge in [0.2, 0.25) is 0 Å². The summed E-state index contributed by atoms with van der Waals surface area (Å²) in [5.74, 6) is -0.375. The molecule has 4 nitrogen and oxygen atoms in total. The number of pyridine rings is 1. The molecule has 4 heteroatoms. The molecule has 0 spiro atoms. The normalized spacial score (nSPS) is 10.3. The largest absolute Gasteiger partial charge is 0.464 e. The summed E-state index contributed by atoms with van der Waals surface area (Å²) in [6.07, 6.45) is 1.65. The van der Waals surface area contributed by atoms with Crippen LogP contribution in [0.15, 0.2) is 53.3 Å². The smallest absolute Gasteiger partial charge is 0.326 e. The molecule has 1 aromatic carbocycles. The third-order valence-electron chi connectivity index (χ3n) is 3.27. The number of aryl methyl sites for hydroxylation is 2. The Kier molecular flexibility index (Phi) is 5.32. The van der Waals surface area contributed by atoms with Crippen molar-refractivity contribution in [2.24, 2.45) is 0 Å². The zero-order valence-corrected chi connectivity index (χ0v) is 12.1. The van der Waals surface area contributed by atoms with Crippen LogP contribution in [0.3, 0.4) is 0 Å². The predicted octanol–water partition coefficient (Wildman–Crippen LogP) is 2.33. The molecule has 0 amide bonds. The number of hydrogen-bond acceptors (Lipinski definition) is 3. The Bertz CT molecular complexity index is 647. The lowest BCUT2D eigenvalue weighted by atomic mass is 10.1. The van der Waals surface area contributed by atoms with E-state index in [1.54, 1.807) is 19.1 Å². The molecule has 0 aliphatic rings. The zero-order valence-electron chi connectivity index (χ0n) is 12.1. The first-order valence-corrected chi connectivity index (χ1v) is 7.03. The van der Waals surface area contributed by atoms with E-state index in [9.17, 15) is 9.59 Å². The molecule has 0 aliphatic heterocycles. The number of hydrogen-bond donors (Lipinski definition) is 0. The van der Waals surface area contributed by atoms with Crippen LogP contribution in [0.2, 0.25) is 0 Å². The van der Waals surface area contributed by atoms with Crippen LogP contribution >= 0.6 is 0 Å². The van der Waals surface area contributed by atoms with Gasteiger partial charge in [-0.1, -0.05) is 36.4 Å². The molecule has 0 bridgehead atoms. The van der Waals surface area contributed by atoms with Gasteiger partial charge in [0.15, 0.2) is 0 Å². The summed E-state index contributed by atoms with van der Waals surface area (Å²) in [7, 11) is 0. The van der Waals surface area contributed by atoms with Gasteiger partial charge in [0.25, 0.3) is 5.56 Å². The Labute approximate surface area is 124 Å². The lowest BCUT2D eigenvalue weighted by molar-refractivity contribution is -0.144. The van der Waals surface area contributed by atoms with Crippen molar-refractivity contribution in [3.05, 3.63) is 70.1 Å². The van der Waals surface area contributed by atoms with Crippen LogP contribution in [0.5, 0.6) is 0 Å². The lowest BCUT2D eigenvalue weighted by Gasteiger charge is -2.09. The number of carbonyl (C=O) groups is 1. The van der Waals surface area contributed by atoms with Crippen molar-refractivity contribution in [3.8, 4) is 0 Å². The molecule has 2 rings (SSSR count). The molecule has 2 aromatic rings. The molecule has 21 heavy (non-hydrogen) atoms. The van der Waals surface area contributed by atoms with Gasteiger partial charge in [0.1, 0.15) is 6.54 Å². The molecule has 0 N–H and O–H groups in total. The van der Waals surface area contributed by atoms with E-state index in [1.807, 2.05) is 18.2 Å². The van der Waals surface area contributed by atoms with E-state index in [2.05, 4.69) is 12.1 Å².